The topological polar surface area (TPSA) is 50.3 Å². The summed E-state index contributed by atoms with van der Waals surface area (Å²) in [6, 6.07) is 24.7. The lowest BCUT2D eigenvalue weighted by Gasteiger charge is -2.27. The van der Waals surface area contributed by atoms with Crippen molar-refractivity contribution in [3.63, 3.8) is 0 Å². The summed E-state index contributed by atoms with van der Waals surface area (Å²) in [5, 5.41) is 5.66. The molecule has 0 unspecified atom stereocenters. The van der Waals surface area contributed by atoms with E-state index in [1.807, 2.05) is 36.4 Å². The van der Waals surface area contributed by atoms with E-state index in [0.717, 1.165) is 65.9 Å². The van der Waals surface area contributed by atoms with Crippen LogP contribution in [0.4, 0.5) is 0 Å². The molecule has 5 heteroatoms. The zero-order valence-corrected chi connectivity index (χ0v) is 17.0. The highest BCUT2D eigenvalue weighted by Crippen LogP contribution is 2.27. The van der Waals surface area contributed by atoms with Crippen molar-refractivity contribution in [3.05, 3.63) is 84.2 Å². The average Bonchev–Trinajstić information content (AvgIpc) is 2.82. The van der Waals surface area contributed by atoms with Crippen LogP contribution in [-0.4, -0.2) is 54.2 Å². The van der Waals surface area contributed by atoms with Crippen molar-refractivity contribution in [1.82, 2.24) is 20.2 Å². The van der Waals surface area contributed by atoms with Gasteiger partial charge in [0.1, 0.15) is 6.10 Å². The van der Waals surface area contributed by atoms with Gasteiger partial charge in [0.05, 0.1) is 29.0 Å². The fourth-order valence-corrected chi connectivity index (χ4v) is 4.01. The van der Waals surface area contributed by atoms with E-state index in [-0.39, 0.29) is 6.10 Å². The standard InChI is InChI=1S/C25H26N4O/c1-3-7-21-19(5-1)9-11-23(27-21)25(30-18-17-29-15-13-26-14-16-29)24-12-10-20-6-2-4-8-22(20)28-24/h1-12,25-26H,13-18H2. The maximum atomic E-state index is 6.43. The molecule has 30 heavy (non-hydrogen) atoms. The molecule has 2 aromatic carbocycles. The van der Waals surface area contributed by atoms with E-state index in [4.69, 9.17) is 14.7 Å². The van der Waals surface area contributed by atoms with Gasteiger partial charge in [0, 0.05) is 43.5 Å². The van der Waals surface area contributed by atoms with E-state index in [9.17, 15) is 0 Å². The number of fused-ring (bicyclic) bond motifs is 2. The van der Waals surface area contributed by atoms with Crippen molar-refractivity contribution >= 4 is 21.8 Å². The summed E-state index contributed by atoms with van der Waals surface area (Å²) in [5.41, 5.74) is 3.76. The molecule has 3 heterocycles. The summed E-state index contributed by atoms with van der Waals surface area (Å²) in [6.45, 7) is 5.78. The zero-order chi connectivity index (χ0) is 20.2. The molecule has 0 radical (unpaired) electrons. The first-order valence-electron chi connectivity index (χ1n) is 10.6. The minimum absolute atomic E-state index is 0.290. The Morgan fingerprint density at radius 1 is 0.767 bits per heavy atom. The van der Waals surface area contributed by atoms with Gasteiger partial charge < -0.3 is 10.1 Å². The molecule has 1 aliphatic rings. The van der Waals surface area contributed by atoms with Gasteiger partial charge in [-0.2, -0.15) is 0 Å². The van der Waals surface area contributed by atoms with Crippen molar-refractivity contribution in [1.29, 1.82) is 0 Å². The van der Waals surface area contributed by atoms with Crippen LogP contribution in [-0.2, 0) is 4.74 Å². The lowest BCUT2D eigenvalue weighted by atomic mass is 10.1. The number of nitrogens with one attached hydrogen (secondary N) is 1. The molecule has 4 aromatic rings. The number of para-hydroxylation sites is 2. The maximum Gasteiger partial charge on any atom is 0.141 e. The Morgan fingerprint density at radius 2 is 1.33 bits per heavy atom. The molecule has 0 aliphatic carbocycles. The van der Waals surface area contributed by atoms with Crippen LogP contribution < -0.4 is 5.32 Å². The first-order chi connectivity index (χ1) is 14.9. The number of benzene rings is 2. The van der Waals surface area contributed by atoms with Gasteiger partial charge in [0.25, 0.3) is 0 Å². The van der Waals surface area contributed by atoms with Crippen LogP contribution in [0.15, 0.2) is 72.8 Å². The normalized spacial score (nSPS) is 15.2. The molecule has 0 amide bonds. The zero-order valence-electron chi connectivity index (χ0n) is 17.0. The van der Waals surface area contributed by atoms with Crippen LogP contribution in [0.1, 0.15) is 17.5 Å². The molecule has 0 saturated carbocycles. The molecule has 0 spiro atoms. The largest absolute Gasteiger partial charge is 0.364 e. The number of nitrogens with zero attached hydrogens (tertiary/aromatic N) is 3. The van der Waals surface area contributed by atoms with Gasteiger partial charge in [-0.15, -0.1) is 0 Å². The summed E-state index contributed by atoms with van der Waals surface area (Å²) in [4.78, 5) is 12.3. The Morgan fingerprint density at radius 3 is 1.93 bits per heavy atom. The van der Waals surface area contributed by atoms with E-state index in [0.29, 0.717) is 6.61 Å². The Labute approximate surface area is 176 Å². The molecule has 0 atom stereocenters. The highest BCUT2D eigenvalue weighted by molar-refractivity contribution is 5.79. The molecule has 5 rings (SSSR count). The maximum absolute atomic E-state index is 6.43. The van der Waals surface area contributed by atoms with Crippen molar-refractivity contribution in [2.75, 3.05) is 39.3 Å². The minimum Gasteiger partial charge on any atom is -0.364 e. The van der Waals surface area contributed by atoms with Crippen LogP contribution in [0.25, 0.3) is 21.8 Å². The third-order valence-electron chi connectivity index (χ3n) is 5.68. The molecule has 152 valence electrons. The molecule has 5 nitrogen and oxygen atoms in total. The summed E-state index contributed by atoms with van der Waals surface area (Å²) in [6.07, 6.45) is -0.290. The minimum atomic E-state index is -0.290. The first-order valence-corrected chi connectivity index (χ1v) is 10.6. The van der Waals surface area contributed by atoms with E-state index < -0.39 is 0 Å². The van der Waals surface area contributed by atoms with Crippen molar-refractivity contribution < 1.29 is 4.74 Å². The number of hydrogen-bond acceptors (Lipinski definition) is 5. The molecule has 1 N–H and O–H groups in total. The molecular weight excluding hydrogens is 372 g/mol. The first kappa shape index (κ1) is 19.1. The number of ether oxygens (including phenoxy) is 1. The van der Waals surface area contributed by atoms with Crippen LogP contribution in [0.2, 0.25) is 0 Å². The van der Waals surface area contributed by atoms with Gasteiger partial charge >= 0.3 is 0 Å². The van der Waals surface area contributed by atoms with E-state index in [1.54, 1.807) is 0 Å². The van der Waals surface area contributed by atoms with Gasteiger partial charge in [-0.25, -0.2) is 9.97 Å². The molecule has 1 saturated heterocycles. The Kier molecular flexibility index (Phi) is 5.66. The molecule has 1 fully saturated rings. The predicted molar refractivity (Wildman–Crippen MR) is 121 cm³/mol. The second-order valence-corrected chi connectivity index (χ2v) is 7.70. The van der Waals surface area contributed by atoms with Crippen LogP contribution in [0, 0.1) is 0 Å². The summed E-state index contributed by atoms with van der Waals surface area (Å²) >= 11 is 0. The number of pyridine rings is 2. The van der Waals surface area contributed by atoms with E-state index in [2.05, 4.69) is 46.6 Å². The van der Waals surface area contributed by atoms with Crippen LogP contribution >= 0.6 is 0 Å². The van der Waals surface area contributed by atoms with Crippen LogP contribution in [0.5, 0.6) is 0 Å². The fraction of sp³-hybridized carbons (Fsp3) is 0.280. The molecule has 0 bridgehead atoms. The SMILES string of the molecule is c1ccc2nc(C(OCCN3CCNCC3)c3ccc4ccccc4n3)ccc2c1. The van der Waals surface area contributed by atoms with Gasteiger partial charge in [-0.05, 0) is 24.3 Å². The van der Waals surface area contributed by atoms with Crippen molar-refractivity contribution in [2.24, 2.45) is 0 Å². The quantitative estimate of drug-likeness (QED) is 0.535. The second kappa shape index (κ2) is 8.88. The molecule has 2 aromatic heterocycles. The predicted octanol–water partition coefficient (Wildman–Crippen LogP) is 3.79. The molecule has 1 aliphatic heterocycles. The lowest BCUT2D eigenvalue weighted by Crippen LogP contribution is -2.44. The third kappa shape index (κ3) is 4.19. The third-order valence-corrected chi connectivity index (χ3v) is 5.68. The smallest absolute Gasteiger partial charge is 0.141 e. The van der Waals surface area contributed by atoms with Crippen molar-refractivity contribution in [3.8, 4) is 0 Å². The van der Waals surface area contributed by atoms with Crippen molar-refractivity contribution in [2.45, 2.75) is 6.10 Å². The Balaban J connectivity index is 1.45. The second-order valence-electron chi connectivity index (χ2n) is 7.70. The summed E-state index contributed by atoms with van der Waals surface area (Å²) in [5.74, 6) is 0. The Hall–Kier alpha value is -2.86. The van der Waals surface area contributed by atoms with Gasteiger partial charge in [-0.1, -0.05) is 48.5 Å². The Bertz CT molecular complexity index is 1060. The van der Waals surface area contributed by atoms with Gasteiger partial charge in [0.15, 0.2) is 0 Å². The van der Waals surface area contributed by atoms with Gasteiger partial charge in [-0.3, -0.25) is 4.90 Å². The number of rotatable bonds is 6. The summed E-state index contributed by atoms with van der Waals surface area (Å²) < 4.78 is 6.43. The van der Waals surface area contributed by atoms with Crippen LogP contribution in [0.3, 0.4) is 0 Å². The highest BCUT2D eigenvalue weighted by atomic mass is 16.5. The van der Waals surface area contributed by atoms with E-state index in [1.165, 1.54) is 0 Å². The number of piperazine rings is 1. The monoisotopic (exact) mass is 398 g/mol. The number of aromatic nitrogens is 2. The van der Waals surface area contributed by atoms with E-state index >= 15 is 0 Å². The molecular formula is C25H26N4O. The fourth-order valence-electron chi connectivity index (χ4n) is 4.01. The number of hydrogen-bond donors (Lipinski definition) is 1. The highest BCUT2D eigenvalue weighted by Gasteiger charge is 2.20. The average molecular weight is 399 g/mol. The van der Waals surface area contributed by atoms with Gasteiger partial charge in [0.2, 0.25) is 0 Å². The summed E-state index contributed by atoms with van der Waals surface area (Å²) in [7, 11) is 0. The lowest BCUT2D eigenvalue weighted by molar-refractivity contribution is 0.0532.